The predicted octanol–water partition coefficient (Wildman–Crippen LogP) is 3.57. The molecule has 0 saturated carbocycles. The maximum Gasteiger partial charge on any atom is 0.311 e. The number of carbonyl (C=O) groups excluding carboxylic acids is 1. The summed E-state index contributed by atoms with van der Waals surface area (Å²) >= 11 is 5.44. The molecule has 0 aliphatic rings. The monoisotopic (exact) mass is 430 g/mol. The number of aromatic hydroxyl groups is 1. The Hall–Kier alpha value is -2.80. The van der Waals surface area contributed by atoms with Crippen LogP contribution in [-0.2, 0) is 22.5 Å². The van der Waals surface area contributed by atoms with E-state index in [0.717, 1.165) is 11.1 Å². The van der Waals surface area contributed by atoms with Crippen molar-refractivity contribution in [2.24, 2.45) is 5.41 Å². The first-order chi connectivity index (χ1) is 14.2. The van der Waals surface area contributed by atoms with Gasteiger partial charge in [-0.2, -0.15) is 0 Å². The summed E-state index contributed by atoms with van der Waals surface area (Å²) in [4.78, 5) is 12.2. The molecular weight excluding hydrogens is 400 g/mol. The fourth-order valence-electron chi connectivity index (χ4n) is 2.69. The van der Waals surface area contributed by atoms with Gasteiger partial charge in [0.2, 0.25) is 0 Å². The number of methoxy groups -OCH3 is 1. The van der Waals surface area contributed by atoms with Gasteiger partial charge in [0.1, 0.15) is 6.61 Å². The second-order valence-electron chi connectivity index (χ2n) is 8.07. The highest BCUT2D eigenvalue weighted by Crippen LogP contribution is 2.26. The molecule has 0 radical (unpaired) electrons. The Bertz CT molecular complexity index is 850. The molecule has 0 amide bonds. The number of carbonyl (C=O) groups is 1. The molecule has 0 aromatic heterocycles. The summed E-state index contributed by atoms with van der Waals surface area (Å²) in [5, 5.41) is 16.6. The van der Waals surface area contributed by atoms with Crippen LogP contribution in [-0.4, -0.2) is 35.9 Å². The summed E-state index contributed by atoms with van der Waals surface area (Å²) in [5.41, 5.74) is 1.47. The summed E-state index contributed by atoms with van der Waals surface area (Å²) in [7, 11) is 1.51. The van der Waals surface area contributed by atoms with E-state index in [1.54, 1.807) is 18.2 Å². The Kier molecular flexibility index (Phi) is 8.47. The van der Waals surface area contributed by atoms with Crippen molar-refractivity contribution in [1.82, 2.24) is 10.6 Å². The molecule has 1 unspecified atom stereocenters. The molecule has 0 saturated heterocycles. The second kappa shape index (κ2) is 10.8. The van der Waals surface area contributed by atoms with Crippen LogP contribution in [0.2, 0.25) is 0 Å². The minimum atomic E-state index is -0.562. The molecule has 1 atom stereocenters. The van der Waals surface area contributed by atoms with E-state index in [4.69, 9.17) is 21.7 Å². The van der Waals surface area contributed by atoms with Crippen LogP contribution in [0, 0.1) is 5.41 Å². The summed E-state index contributed by atoms with van der Waals surface area (Å²) < 4.78 is 10.6. The fourth-order valence-corrected chi connectivity index (χ4v) is 2.93. The Morgan fingerprint density at radius 3 is 2.47 bits per heavy atom. The maximum absolute atomic E-state index is 12.2. The minimum absolute atomic E-state index is 0.0885. The van der Waals surface area contributed by atoms with Gasteiger partial charge in [-0.3, -0.25) is 4.79 Å². The first-order valence-electron chi connectivity index (χ1n) is 9.80. The molecular formula is C23H30N2O4S. The molecule has 2 aromatic carbocycles. The number of phenols is 1. The van der Waals surface area contributed by atoms with Crippen LogP contribution in [0.3, 0.4) is 0 Å². The summed E-state index contributed by atoms with van der Waals surface area (Å²) in [6, 6.07) is 14.9. The quantitative estimate of drug-likeness (QED) is 0.436. The third-order valence-corrected chi connectivity index (χ3v) is 4.65. The molecule has 2 aromatic rings. The molecule has 2 rings (SSSR count). The van der Waals surface area contributed by atoms with Gasteiger partial charge in [-0.1, -0.05) is 36.4 Å². The number of phenolic OH excluding ortho intramolecular Hbond substituents is 1. The van der Waals surface area contributed by atoms with Crippen molar-refractivity contribution in [2.75, 3.05) is 13.7 Å². The topological polar surface area (TPSA) is 79.8 Å². The molecule has 0 aliphatic carbocycles. The van der Waals surface area contributed by atoms with Gasteiger partial charge < -0.3 is 25.2 Å². The van der Waals surface area contributed by atoms with Crippen LogP contribution in [0.5, 0.6) is 11.5 Å². The highest BCUT2D eigenvalue weighted by Gasteiger charge is 2.24. The zero-order valence-corrected chi connectivity index (χ0v) is 18.7. The molecule has 0 aliphatic heterocycles. The second-order valence-corrected chi connectivity index (χ2v) is 8.48. The van der Waals surface area contributed by atoms with Crippen molar-refractivity contribution >= 4 is 23.3 Å². The summed E-state index contributed by atoms with van der Waals surface area (Å²) in [5.74, 6) is 0.243. The van der Waals surface area contributed by atoms with Crippen molar-refractivity contribution in [1.29, 1.82) is 0 Å². The molecule has 0 spiro atoms. The zero-order valence-electron chi connectivity index (χ0n) is 17.9. The summed E-state index contributed by atoms with van der Waals surface area (Å²) in [6.45, 7) is 6.15. The number of hydrogen-bond donors (Lipinski definition) is 3. The lowest BCUT2D eigenvalue weighted by molar-refractivity contribution is -0.153. The van der Waals surface area contributed by atoms with Crippen LogP contribution in [0.25, 0.3) is 0 Å². The largest absolute Gasteiger partial charge is 0.504 e. The normalized spacial score (nSPS) is 12.0. The van der Waals surface area contributed by atoms with Crippen LogP contribution in [0.4, 0.5) is 0 Å². The number of esters is 1. The molecule has 0 bridgehead atoms. The lowest BCUT2D eigenvalue weighted by atomic mass is 9.97. The Morgan fingerprint density at radius 2 is 1.83 bits per heavy atom. The van der Waals surface area contributed by atoms with Crippen LogP contribution in [0.15, 0.2) is 48.5 Å². The fraction of sp³-hybridized carbons (Fsp3) is 0.391. The van der Waals surface area contributed by atoms with Crippen LogP contribution >= 0.6 is 12.2 Å². The standard InChI is InChI=1S/C23H30N2O4S/c1-23(2,3)21(27)29-15-18(12-16-8-6-5-7-9-16)25-22(30)24-14-17-10-11-19(26)20(13-17)28-4/h5-11,13,18,26H,12,14-15H2,1-4H3,(H2,24,25,30). The highest BCUT2D eigenvalue weighted by atomic mass is 32.1. The minimum Gasteiger partial charge on any atom is -0.504 e. The van der Waals surface area contributed by atoms with Crippen molar-refractivity contribution < 1.29 is 19.4 Å². The van der Waals surface area contributed by atoms with E-state index in [1.165, 1.54) is 7.11 Å². The predicted molar refractivity (Wildman–Crippen MR) is 122 cm³/mol. The van der Waals surface area contributed by atoms with Crippen molar-refractivity contribution in [3.8, 4) is 11.5 Å². The number of benzene rings is 2. The van der Waals surface area contributed by atoms with Gasteiger partial charge in [-0.25, -0.2) is 0 Å². The summed E-state index contributed by atoms with van der Waals surface area (Å²) in [6.07, 6.45) is 0.660. The van der Waals surface area contributed by atoms with Crippen LogP contribution < -0.4 is 15.4 Å². The molecule has 6 nitrogen and oxygen atoms in total. The Morgan fingerprint density at radius 1 is 1.13 bits per heavy atom. The Labute approximate surface area is 183 Å². The van der Waals surface area contributed by atoms with Crippen molar-refractivity contribution in [3.05, 3.63) is 59.7 Å². The van der Waals surface area contributed by atoms with E-state index in [1.807, 2.05) is 51.1 Å². The van der Waals surface area contributed by atoms with Crippen LogP contribution in [0.1, 0.15) is 31.9 Å². The van der Waals surface area contributed by atoms with Gasteiger partial charge in [-0.15, -0.1) is 0 Å². The van der Waals surface area contributed by atoms with Crippen molar-refractivity contribution in [2.45, 2.75) is 39.8 Å². The third kappa shape index (κ3) is 7.55. The number of hydrogen-bond acceptors (Lipinski definition) is 5. The highest BCUT2D eigenvalue weighted by molar-refractivity contribution is 7.80. The third-order valence-electron chi connectivity index (χ3n) is 4.39. The molecule has 0 heterocycles. The smallest absolute Gasteiger partial charge is 0.311 e. The lowest BCUT2D eigenvalue weighted by Gasteiger charge is -2.23. The van der Waals surface area contributed by atoms with Gasteiger partial charge >= 0.3 is 5.97 Å². The van der Waals surface area contributed by atoms with Gasteiger partial charge in [0.05, 0.1) is 18.6 Å². The van der Waals surface area contributed by atoms with E-state index in [9.17, 15) is 9.90 Å². The maximum atomic E-state index is 12.2. The van der Waals surface area contributed by atoms with E-state index in [2.05, 4.69) is 10.6 Å². The van der Waals surface area contributed by atoms with Gasteiger partial charge in [-0.05, 0) is 62.7 Å². The molecule has 3 N–H and O–H groups in total. The molecule has 30 heavy (non-hydrogen) atoms. The first-order valence-corrected chi connectivity index (χ1v) is 10.2. The first kappa shape index (κ1) is 23.5. The lowest BCUT2D eigenvalue weighted by Crippen LogP contribution is -2.45. The molecule has 162 valence electrons. The van der Waals surface area contributed by atoms with E-state index >= 15 is 0 Å². The zero-order chi connectivity index (χ0) is 22.1. The van der Waals surface area contributed by atoms with Gasteiger partial charge in [0.25, 0.3) is 0 Å². The van der Waals surface area contributed by atoms with Crippen molar-refractivity contribution in [3.63, 3.8) is 0 Å². The molecule has 7 heteroatoms. The van der Waals surface area contributed by atoms with E-state index < -0.39 is 5.41 Å². The number of nitrogens with one attached hydrogen (secondary N) is 2. The van der Waals surface area contributed by atoms with E-state index in [0.29, 0.717) is 23.8 Å². The SMILES string of the molecule is COc1cc(CNC(=S)NC(COC(=O)C(C)(C)C)Cc2ccccc2)ccc1O. The number of thiocarbonyl (C=S) groups is 1. The number of ether oxygens (including phenoxy) is 2. The Balaban J connectivity index is 1.97. The average Bonchev–Trinajstić information content (AvgIpc) is 2.71. The van der Waals surface area contributed by atoms with E-state index in [-0.39, 0.29) is 24.4 Å². The van der Waals surface area contributed by atoms with Gasteiger partial charge in [0, 0.05) is 6.54 Å². The van der Waals surface area contributed by atoms with Gasteiger partial charge in [0.15, 0.2) is 16.6 Å². The number of rotatable bonds is 8. The molecule has 0 fully saturated rings. The average molecular weight is 431 g/mol.